The van der Waals surface area contributed by atoms with Gasteiger partial charge in [0.2, 0.25) is 0 Å². The van der Waals surface area contributed by atoms with Crippen LogP contribution in [-0.2, 0) is 17.8 Å². The molecule has 2 rings (SSSR count). The summed E-state index contributed by atoms with van der Waals surface area (Å²) in [6.07, 6.45) is 6.28. The van der Waals surface area contributed by atoms with Gasteiger partial charge in [-0.05, 0) is 32.2 Å². The van der Waals surface area contributed by atoms with Gasteiger partial charge in [-0.15, -0.1) is 0 Å². The molecule has 4 heteroatoms. The Labute approximate surface area is 97.0 Å². The van der Waals surface area contributed by atoms with Crippen molar-refractivity contribution in [3.63, 3.8) is 0 Å². The molecule has 0 aliphatic carbocycles. The van der Waals surface area contributed by atoms with Crippen LogP contribution in [0.1, 0.15) is 25.5 Å². The van der Waals surface area contributed by atoms with Crippen molar-refractivity contribution >= 4 is 0 Å². The van der Waals surface area contributed by atoms with Crippen LogP contribution in [-0.4, -0.2) is 29.3 Å². The minimum atomic E-state index is 0.767. The highest BCUT2D eigenvalue weighted by molar-refractivity contribution is 4.97. The van der Waals surface area contributed by atoms with E-state index in [1.807, 2.05) is 12.5 Å². The fourth-order valence-corrected chi connectivity index (χ4v) is 2.11. The lowest BCUT2D eigenvalue weighted by molar-refractivity contribution is 0.184. The third kappa shape index (κ3) is 3.06. The smallest absolute Gasteiger partial charge is 0.0948 e. The van der Waals surface area contributed by atoms with Crippen LogP contribution in [0, 0.1) is 5.92 Å². The van der Waals surface area contributed by atoms with E-state index >= 15 is 0 Å². The Hall–Kier alpha value is -0.870. The Morgan fingerprint density at radius 3 is 3.31 bits per heavy atom. The normalized spacial score (nSPS) is 20.4. The number of aromatic nitrogens is 2. The molecule has 2 heterocycles. The van der Waals surface area contributed by atoms with E-state index in [4.69, 9.17) is 4.74 Å². The lowest BCUT2D eigenvalue weighted by atomic mass is 10.1. The number of rotatable bonds is 6. The minimum Gasteiger partial charge on any atom is -0.381 e. The van der Waals surface area contributed by atoms with Gasteiger partial charge >= 0.3 is 0 Å². The lowest BCUT2D eigenvalue weighted by Crippen LogP contribution is -2.19. The summed E-state index contributed by atoms with van der Waals surface area (Å²) in [5.41, 5.74) is 1.27. The van der Waals surface area contributed by atoms with Crippen molar-refractivity contribution in [3.05, 3.63) is 18.2 Å². The van der Waals surface area contributed by atoms with Crippen molar-refractivity contribution in [1.82, 2.24) is 14.9 Å². The molecule has 90 valence electrons. The van der Waals surface area contributed by atoms with E-state index in [0.29, 0.717) is 0 Å². The number of aryl methyl sites for hydroxylation is 1. The van der Waals surface area contributed by atoms with E-state index in [0.717, 1.165) is 38.8 Å². The number of imidazole rings is 1. The molecule has 4 nitrogen and oxygen atoms in total. The molecule has 1 unspecified atom stereocenters. The zero-order chi connectivity index (χ0) is 11.2. The van der Waals surface area contributed by atoms with Crippen LogP contribution < -0.4 is 5.32 Å². The van der Waals surface area contributed by atoms with E-state index in [9.17, 15) is 0 Å². The Balaban J connectivity index is 1.64. The molecule has 0 amide bonds. The van der Waals surface area contributed by atoms with E-state index in [2.05, 4.69) is 21.8 Å². The van der Waals surface area contributed by atoms with Gasteiger partial charge in [-0.2, -0.15) is 0 Å². The Morgan fingerprint density at radius 1 is 1.62 bits per heavy atom. The molecule has 1 aliphatic rings. The highest BCUT2D eigenvalue weighted by Crippen LogP contribution is 2.15. The second-order valence-corrected chi connectivity index (χ2v) is 4.37. The predicted molar refractivity (Wildman–Crippen MR) is 63.2 cm³/mol. The zero-order valence-electron chi connectivity index (χ0n) is 9.98. The standard InChI is InChI=1S/C12H21N3O/c1-2-15-10-14-8-12(15)7-13-5-3-11-4-6-16-9-11/h8,10-11,13H,2-7,9H2,1H3. The van der Waals surface area contributed by atoms with Crippen LogP contribution in [0.25, 0.3) is 0 Å². The number of hydrogen-bond donors (Lipinski definition) is 1. The van der Waals surface area contributed by atoms with Crippen LogP contribution in [0.5, 0.6) is 0 Å². The van der Waals surface area contributed by atoms with Crippen molar-refractivity contribution in [2.75, 3.05) is 19.8 Å². The fraction of sp³-hybridized carbons (Fsp3) is 0.750. The Morgan fingerprint density at radius 2 is 2.56 bits per heavy atom. The van der Waals surface area contributed by atoms with Crippen LogP contribution in [0.15, 0.2) is 12.5 Å². The summed E-state index contributed by atoms with van der Waals surface area (Å²) in [6.45, 7) is 7.03. The highest BCUT2D eigenvalue weighted by Gasteiger charge is 2.14. The Bertz CT molecular complexity index is 305. The first-order valence-electron chi connectivity index (χ1n) is 6.17. The third-order valence-electron chi connectivity index (χ3n) is 3.20. The van der Waals surface area contributed by atoms with Crippen LogP contribution in [0.2, 0.25) is 0 Å². The second-order valence-electron chi connectivity index (χ2n) is 4.37. The Kier molecular flexibility index (Phi) is 4.36. The first kappa shape index (κ1) is 11.6. The summed E-state index contributed by atoms with van der Waals surface area (Å²) < 4.78 is 7.53. The summed E-state index contributed by atoms with van der Waals surface area (Å²) in [6, 6.07) is 0. The van der Waals surface area contributed by atoms with E-state index in [1.54, 1.807) is 0 Å². The number of nitrogens with one attached hydrogen (secondary N) is 1. The number of nitrogens with zero attached hydrogens (tertiary/aromatic N) is 2. The van der Waals surface area contributed by atoms with Gasteiger partial charge in [0.15, 0.2) is 0 Å². The largest absolute Gasteiger partial charge is 0.381 e. The molecule has 0 aromatic carbocycles. The monoisotopic (exact) mass is 223 g/mol. The van der Waals surface area contributed by atoms with Crippen molar-refractivity contribution in [1.29, 1.82) is 0 Å². The molecule has 0 bridgehead atoms. The molecule has 0 saturated carbocycles. The zero-order valence-corrected chi connectivity index (χ0v) is 9.98. The van der Waals surface area contributed by atoms with Crippen LogP contribution in [0.4, 0.5) is 0 Å². The van der Waals surface area contributed by atoms with Gasteiger partial charge in [-0.25, -0.2) is 4.98 Å². The van der Waals surface area contributed by atoms with E-state index in [-0.39, 0.29) is 0 Å². The SMILES string of the molecule is CCn1cncc1CNCCC1CCOC1. The van der Waals surface area contributed by atoms with Crippen molar-refractivity contribution in [3.8, 4) is 0 Å². The second kappa shape index (κ2) is 6.01. The van der Waals surface area contributed by atoms with Gasteiger partial charge in [0.05, 0.1) is 12.0 Å². The molecule has 1 aliphatic heterocycles. The fourth-order valence-electron chi connectivity index (χ4n) is 2.11. The average Bonchev–Trinajstić information content (AvgIpc) is 2.95. The van der Waals surface area contributed by atoms with Crippen LogP contribution in [0.3, 0.4) is 0 Å². The van der Waals surface area contributed by atoms with Gasteiger partial charge in [0.1, 0.15) is 0 Å². The summed E-state index contributed by atoms with van der Waals surface area (Å²) in [5.74, 6) is 0.767. The highest BCUT2D eigenvalue weighted by atomic mass is 16.5. The van der Waals surface area contributed by atoms with Crippen molar-refractivity contribution in [2.24, 2.45) is 5.92 Å². The van der Waals surface area contributed by atoms with Gasteiger partial charge in [0.25, 0.3) is 0 Å². The minimum absolute atomic E-state index is 0.767. The number of ether oxygens (including phenoxy) is 1. The molecule has 16 heavy (non-hydrogen) atoms. The van der Waals surface area contributed by atoms with Crippen molar-refractivity contribution in [2.45, 2.75) is 32.9 Å². The van der Waals surface area contributed by atoms with E-state index < -0.39 is 0 Å². The first-order valence-corrected chi connectivity index (χ1v) is 6.17. The first-order chi connectivity index (χ1) is 7.90. The molecule has 1 fully saturated rings. The number of hydrogen-bond acceptors (Lipinski definition) is 3. The molecule has 1 N–H and O–H groups in total. The van der Waals surface area contributed by atoms with Gasteiger partial charge in [-0.3, -0.25) is 0 Å². The molecule has 1 saturated heterocycles. The maximum atomic E-state index is 5.35. The molecule has 1 aromatic rings. The topological polar surface area (TPSA) is 39.1 Å². The van der Waals surface area contributed by atoms with Gasteiger partial charge in [-0.1, -0.05) is 0 Å². The molecule has 0 spiro atoms. The maximum absolute atomic E-state index is 5.35. The molecule has 0 radical (unpaired) electrons. The molecular weight excluding hydrogens is 202 g/mol. The quantitative estimate of drug-likeness (QED) is 0.741. The summed E-state index contributed by atoms with van der Waals surface area (Å²) in [4.78, 5) is 4.15. The molecular formula is C12H21N3O. The average molecular weight is 223 g/mol. The van der Waals surface area contributed by atoms with E-state index in [1.165, 1.54) is 18.5 Å². The lowest BCUT2D eigenvalue weighted by Gasteiger charge is -2.09. The predicted octanol–water partition coefficient (Wildman–Crippen LogP) is 1.42. The van der Waals surface area contributed by atoms with Crippen LogP contribution >= 0.6 is 0 Å². The summed E-state index contributed by atoms with van der Waals surface area (Å²) in [5, 5.41) is 3.47. The summed E-state index contributed by atoms with van der Waals surface area (Å²) in [7, 11) is 0. The third-order valence-corrected chi connectivity index (χ3v) is 3.20. The summed E-state index contributed by atoms with van der Waals surface area (Å²) >= 11 is 0. The van der Waals surface area contributed by atoms with Crippen molar-refractivity contribution < 1.29 is 4.74 Å². The van der Waals surface area contributed by atoms with Gasteiger partial charge < -0.3 is 14.6 Å². The van der Waals surface area contributed by atoms with Gasteiger partial charge in [0, 0.05) is 32.5 Å². The molecule has 1 atom stereocenters. The maximum Gasteiger partial charge on any atom is 0.0948 e. The molecule has 1 aromatic heterocycles.